The van der Waals surface area contributed by atoms with E-state index in [9.17, 15) is 9.59 Å². The lowest BCUT2D eigenvalue weighted by molar-refractivity contribution is -0.136. The van der Waals surface area contributed by atoms with E-state index in [4.69, 9.17) is 11.1 Å². The maximum absolute atomic E-state index is 13.8. The maximum atomic E-state index is 13.8. The summed E-state index contributed by atoms with van der Waals surface area (Å²) in [7, 11) is 0. The molecule has 2 amide bonds. The number of carbonyl (C=O) groups is 2. The molecule has 1 saturated carbocycles. The van der Waals surface area contributed by atoms with Gasteiger partial charge in [0.05, 0.1) is 5.92 Å². The summed E-state index contributed by atoms with van der Waals surface area (Å²) in [6, 6.07) is 17.2. The fourth-order valence-corrected chi connectivity index (χ4v) is 5.03. The summed E-state index contributed by atoms with van der Waals surface area (Å²) < 4.78 is 0. The van der Waals surface area contributed by atoms with Crippen molar-refractivity contribution in [1.82, 2.24) is 10.2 Å². The van der Waals surface area contributed by atoms with Crippen LogP contribution in [0.1, 0.15) is 80.8 Å². The van der Waals surface area contributed by atoms with Crippen molar-refractivity contribution in [2.75, 3.05) is 0 Å². The second-order valence-electron chi connectivity index (χ2n) is 10.8. The van der Waals surface area contributed by atoms with Gasteiger partial charge in [0.25, 0.3) is 12.2 Å². The zero-order chi connectivity index (χ0) is 26.3. The highest BCUT2D eigenvalue weighted by atomic mass is 16.2. The zero-order valence-corrected chi connectivity index (χ0v) is 21.7. The van der Waals surface area contributed by atoms with E-state index in [1.54, 1.807) is 12.1 Å². The van der Waals surface area contributed by atoms with Gasteiger partial charge in [0, 0.05) is 18.2 Å². The van der Waals surface area contributed by atoms with Gasteiger partial charge in [0.2, 0.25) is 5.91 Å². The minimum absolute atomic E-state index is 0.124. The maximum Gasteiger partial charge on any atom is 0.254 e. The summed E-state index contributed by atoms with van der Waals surface area (Å²) in [5, 5.41) is 8.56. The molecule has 3 rings (SSSR count). The van der Waals surface area contributed by atoms with Crippen molar-refractivity contribution in [1.29, 1.82) is 11.1 Å². The lowest BCUT2D eigenvalue weighted by Crippen LogP contribution is -2.44. The predicted molar refractivity (Wildman–Crippen MR) is 139 cm³/mol. The van der Waals surface area contributed by atoms with Crippen LogP contribution in [0.3, 0.4) is 0 Å². The van der Waals surface area contributed by atoms with Crippen molar-refractivity contribution >= 4 is 11.8 Å². The molecule has 0 heterocycles. The van der Waals surface area contributed by atoms with Gasteiger partial charge in [0.15, 0.2) is 0 Å². The van der Waals surface area contributed by atoms with Gasteiger partial charge in [-0.05, 0) is 67.2 Å². The second-order valence-corrected chi connectivity index (χ2v) is 10.8. The molecule has 192 valence electrons. The molecule has 0 spiro atoms. The molecule has 0 radical (unpaired) electrons. The number of hydrogen-bond donors (Lipinski definition) is 3. The summed E-state index contributed by atoms with van der Waals surface area (Å²) in [5.74, 6) is 0.0874. The number of nitrogens with one attached hydrogen (secondary N) is 3. The Labute approximate surface area is 213 Å². The smallest absolute Gasteiger partial charge is 0.254 e. The highest BCUT2D eigenvalue weighted by Gasteiger charge is 2.35. The Balaban J connectivity index is 1.78. The molecule has 1 atom stereocenters. The number of hydrogen-bond acceptors (Lipinski definition) is 6. The van der Waals surface area contributed by atoms with Crippen LogP contribution >= 0.6 is 0 Å². The Morgan fingerprint density at radius 1 is 0.972 bits per heavy atom. The third-order valence-electron chi connectivity index (χ3n) is 7.39. The lowest BCUT2D eigenvalue weighted by Gasteiger charge is -2.42. The van der Waals surface area contributed by atoms with Crippen molar-refractivity contribution in [2.45, 2.75) is 78.2 Å². The molecule has 3 N–H and O–H groups in total. The molecule has 2 aromatic rings. The topological polar surface area (TPSA) is 122 Å². The predicted octanol–water partition coefficient (Wildman–Crippen LogP) is 6.50. The van der Waals surface area contributed by atoms with E-state index in [0.29, 0.717) is 18.0 Å². The quantitative estimate of drug-likeness (QED) is 0.347. The highest BCUT2D eigenvalue weighted by Crippen LogP contribution is 2.40. The Morgan fingerprint density at radius 3 is 2.08 bits per heavy atom. The van der Waals surface area contributed by atoms with Crippen LogP contribution in [0, 0.1) is 22.4 Å². The van der Waals surface area contributed by atoms with Gasteiger partial charge >= 0.3 is 0 Å². The number of nitrogens with zero attached hydrogens (tertiary/aromatic N) is 3. The van der Waals surface area contributed by atoms with Crippen LogP contribution in [0.2, 0.25) is 0 Å². The Hall–Kier alpha value is -3.42. The normalized spacial score (nSPS) is 19.6. The van der Waals surface area contributed by atoms with Crippen molar-refractivity contribution in [3.8, 4) is 0 Å². The molecular weight excluding hydrogens is 452 g/mol. The fourth-order valence-electron chi connectivity index (χ4n) is 5.03. The molecule has 0 aromatic heterocycles. The summed E-state index contributed by atoms with van der Waals surface area (Å²) in [6.45, 7) is 9.36. The molecule has 0 bridgehead atoms. The van der Waals surface area contributed by atoms with E-state index in [1.807, 2.05) is 54.3 Å². The van der Waals surface area contributed by atoms with Crippen LogP contribution in [0.15, 0.2) is 64.8 Å². The zero-order valence-electron chi connectivity index (χ0n) is 21.7. The standard InChI is InChI=1S/C28H38N6O2/c1-19(21-8-6-5-7-9-21)26(36)34(24-16-14-23(15-17-24)28(2,3)4)18-20-10-12-22(13-11-20)25(35)31-27(32-29)33-30/h5-13,19,23-24,27,29-30H,14-18H2,1-4H3,(H,31,35). The Morgan fingerprint density at radius 2 is 1.56 bits per heavy atom. The summed E-state index contributed by atoms with van der Waals surface area (Å²) in [5.41, 5.74) is 16.6. The van der Waals surface area contributed by atoms with E-state index in [2.05, 4.69) is 36.3 Å². The molecule has 0 aliphatic heterocycles. The van der Waals surface area contributed by atoms with Gasteiger partial charge in [-0.1, -0.05) is 63.2 Å². The molecule has 1 aliphatic carbocycles. The number of carbonyl (C=O) groups excluding carboxylic acids is 2. The van der Waals surface area contributed by atoms with E-state index in [0.717, 1.165) is 36.8 Å². The number of benzene rings is 2. The highest BCUT2D eigenvalue weighted by molar-refractivity contribution is 5.94. The van der Waals surface area contributed by atoms with Gasteiger partial charge in [0.1, 0.15) is 0 Å². The minimum Gasteiger partial charge on any atom is -0.335 e. The van der Waals surface area contributed by atoms with Gasteiger partial charge in [-0.15, -0.1) is 10.2 Å². The third-order valence-corrected chi connectivity index (χ3v) is 7.39. The first-order valence-corrected chi connectivity index (χ1v) is 12.6. The van der Waals surface area contributed by atoms with Crippen LogP contribution in [-0.2, 0) is 11.3 Å². The van der Waals surface area contributed by atoms with Crippen LogP contribution in [0.4, 0.5) is 0 Å². The average molecular weight is 491 g/mol. The molecule has 8 heteroatoms. The SMILES string of the molecule is CC(C(=O)N(Cc1ccc(C(=O)NC(N=N)N=N)cc1)C1CCC(C(C)(C)C)CC1)c1ccccc1. The largest absolute Gasteiger partial charge is 0.335 e. The Bertz CT molecular complexity index is 1030. The summed E-state index contributed by atoms with van der Waals surface area (Å²) in [4.78, 5) is 28.2. The van der Waals surface area contributed by atoms with Crippen molar-refractivity contribution in [3.05, 3.63) is 71.3 Å². The van der Waals surface area contributed by atoms with Gasteiger partial charge in [-0.3, -0.25) is 9.59 Å². The monoisotopic (exact) mass is 490 g/mol. The molecule has 2 aromatic carbocycles. The van der Waals surface area contributed by atoms with E-state index in [1.165, 1.54) is 0 Å². The Kier molecular flexibility index (Phi) is 9.07. The van der Waals surface area contributed by atoms with Crippen LogP contribution in [0.25, 0.3) is 0 Å². The van der Waals surface area contributed by atoms with Crippen molar-refractivity contribution < 1.29 is 9.59 Å². The van der Waals surface area contributed by atoms with Crippen molar-refractivity contribution in [3.63, 3.8) is 0 Å². The van der Waals surface area contributed by atoms with Gasteiger partial charge < -0.3 is 10.2 Å². The summed E-state index contributed by atoms with van der Waals surface area (Å²) >= 11 is 0. The van der Waals surface area contributed by atoms with E-state index < -0.39 is 12.2 Å². The molecule has 1 fully saturated rings. The average Bonchev–Trinajstić information content (AvgIpc) is 2.89. The molecule has 0 saturated heterocycles. The first-order valence-electron chi connectivity index (χ1n) is 12.6. The third kappa shape index (κ3) is 6.83. The van der Waals surface area contributed by atoms with E-state index in [-0.39, 0.29) is 23.3 Å². The first kappa shape index (κ1) is 27.2. The second kappa shape index (κ2) is 12.0. The minimum atomic E-state index is -1.21. The van der Waals surface area contributed by atoms with E-state index >= 15 is 0 Å². The number of rotatable bonds is 9. The molecule has 1 unspecified atom stereocenters. The molecule has 36 heavy (non-hydrogen) atoms. The molecular formula is C28H38N6O2. The van der Waals surface area contributed by atoms with Gasteiger partial charge in [-0.2, -0.15) is 0 Å². The fraction of sp³-hybridized carbons (Fsp3) is 0.500. The van der Waals surface area contributed by atoms with Crippen LogP contribution in [-0.4, -0.2) is 29.0 Å². The summed E-state index contributed by atoms with van der Waals surface area (Å²) in [6.07, 6.45) is 2.99. The lowest BCUT2D eigenvalue weighted by atomic mass is 9.71. The number of amides is 2. The molecule has 8 nitrogen and oxygen atoms in total. The van der Waals surface area contributed by atoms with Gasteiger partial charge in [-0.25, -0.2) is 11.1 Å². The van der Waals surface area contributed by atoms with Crippen molar-refractivity contribution in [2.24, 2.45) is 21.6 Å². The molecule has 1 aliphatic rings. The first-order chi connectivity index (χ1) is 17.1. The van der Waals surface area contributed by atoms with Crippen LogP contribution in [0.5, 0.6) is 0 Å². The van der Waals surface area contributed by atoms with Crippen LogP contribution < -0.4 is 5.32 Å².